The zero-order chi connectivity index (χ0) is 22.7. The Bertz CT molecular complexity index is 1630. The lowest BCUT2D eigenvalue weighted by Gasteiger charge is -2.12. The summed E-state index contributed by atoms with van der Waals surface area (Å²) >= 11 is 0. The molecule has 3 aromatic carbocycles. The van der Waals surface area contributed by atoms with Crippen LogP contribution in [0.1, 0.15) is 34.2 Å². The van der Waals surface area contributed by atoms with Crippen molar-refractivity contribution in [3.05, 3.63) is 88.6 Å². The zero-order valence-electron chi connectivity index (χ0n) is 19.2. The molecule has 0 N–H and O–H groups in total. The van der Waals surface area contributed by atoms with Gasteiger partial charge in [0.2, 0.25) is 5.69 Å². The molecule has 0 radical (unpaired) electrons. The summed E-state index contributed by atoms with van der Waals surface area (Å²) < 4.78 is 8.84. The highest BCUT2D eigenvalue weighted by Gasteiger charge is 2.24. The van der Waals surface area contributed by atoms with Crippen LogP contribution >= 0.6 is 0 Å². The van der Waals surface area contributed by atoms with Crippen molar-refractivity contribution in [1.29, 1.82) is 5.26 Å². The highest BCUT2D eigenvalue weighted by molar-refractivity contribution is 6.14. The number of furan rings is 1. The molecule has 0 saturated heterocycles. The van der Waals surface area contributed by atoms with Crippen molar-refractivity contribution in [2.45, 2.75) is 33.1 Å². The molecule has 0 fully saturated rings. The molecule has 0 saturated carbocycles. The van der Waals surface area contributed by atoms with Crippen molar-refractivity contribution in [3.8, 4) is 28.5 Å². The Hall–Kier alpha value is -3.90. The third kappa shape index (κ3) is 2.91. The first-order valence-electron chi connectivity index (χ1n) is 11.5. The molecule has 0 aliphatic heterocycles. The van der Waals surface area contributed by atoms with E-state index in [1.807, 2.05) is 18.2 Å². The Morgan fingerprint density at radius 2 is 1.58 bits per heavy atom. The molecule has 2 aromatic heterocycles. The molecule has 1 aliphatic carbocycles. The summed E-state index contributed by atoms with van der Waals surface area (Å²) in [5.74, 6) is 0. The summed E-state index contributed by atoms with van der Waals surface area (Å²) in [6, 6.07) is 21.5. The molecule has 0 atom stereocenters. The number of hydrogen-bond donors (Lipinski definition) is 0. The van der Waals surface area contributed by atoms with E-state index < -0.39 is 0 Å². The maximum Gasteiger partial charge on any atom is 0.216 e. The second-order valence-electron chi connectivity index (χ2n) is 9.20. The molecule has 5 aromatic rings. The first-order valence-corrected chi connectivity index (χ1v) is 11.5. The molecule has 0 unspecified atom stereocenters. The highest BCUT2D eigenvalue weighted by Crippen LogP contribution is 2.43. The zero-order valence-corrected chi connectivity index (χ0v) is 19.2. The second kappa shape index (κ2) is 7.32. The van der Waals surface area contributed by atoms with E-state index in [4.69, 9.17) is 4.42 Å². The van der Waals surface area contributed by atoms with E-state index in [2.05, 4.69) is 74.1 Å². The third-order valence-corrected chi connectivity index (χ3v) is 7.16. The Labute approximate surface area is 193 Å². The molecule has 0 bridgehead atoms. The van der Waals surface area contributed by atoms with Crippen LogP contribution in [0.4, 0.5) is 0 Å². The van der Waals surface area contributed by atoms with Crippen molar-refractivity contribution < 1.29 is 8.98 Å². The van der Waals surface area contributed by atoms with Crippen LogP contribution in [0.3, 0.4) is 0 Å². The lowest BCUT2D eigenvalue weighted by Crippen LogP contribution is -2.30. The molecule has 160 valence electrons. The predicted octanol–water partition coefficient (Wildman–Crippen LogP) is 6.72. The molecule has 0 amide bonds. The van der Waals surface area contributed by atoms with Crippen molar-refractivity contribution >= 4 is 21.9 Å². The topological polar surface area (TPSA) is 40.8 Å². The molecule has 3 nitrogen and oxygen atoms in total. The van der Waals surface area contributed by atoms with Gasteiger partial charge in [0.25, 0.3) is 0 Å². The van der Waals surface area contributed by atoms with Crippen LogP contribution in [0.2, 0.25) is 0 Å². The van der Waals surface area contributed by atoms with Gasteiger partial charge in [-0.3, -0.25) is 0 Å². The van der Waals surface area contributed by atoms with Crippen molar-refractivity contribution in [1.82, 2.24) is 0 Å². The van der Waals surface area contributed by atoms with Gasteiger partial charge in [-0.15, -0.1) is 0 Å². The summed E-state index contributed by atoms with van der Waals surface area (Å²) in [6.45, 7) is 4.28. The second-order valence-corrected chi connectivity index (χ2v) is 9.20. The van der Waals surface area contributed by atoms with Gasteiger partial charge >= 0.3 is 0 Å². The van der Waals surface area contributed by atoms with Gasteiger partial charge in [-0.25, -0.2) is 4.57 Å². The summed E-state index contributed by atoms with van der Waals surface area (Å²) in [6.07, 6.45) is 5.51. The number of nitriles is 1. The first-order chi connectivity index (χ1) is 16.1. The van der Waals surface area contributed by atoms with E-state index in [-0.39, 0.29) is 0 Å². The number of aryl methyl sites for hydroxylation is 5. The van der Waals surface area contributed by atoms with E-state index in [0.29, 0.717) is 5.56 Å². The Morgan fingerprint density at radius 3 is 2.33 bits per heavy atom. The Morgan fingerprint density at radius 1 is 0.848 bits per heavy atom. The van der Waals surface area contributed by atoms with Crippen LogP contribution < -0.4 is 4.57 Å². The first kappa shape index (κ1) is 19.8. The van der Waals surface area contributed by atoms with Gasteiger partial charge in [0, 0.05) is 28.5 Å². The van der Waals surface area contributed by atoms with Crippen molar-refractivity contribution in [3.63, 3.8) is 0 Å². The van der Waals surface area contributed by atoms with Crippen LogP contribution in [0.5, 0.6) is 0 Å². The minimum absolute atomic E-state index is 0.658. The number of rotatable bonds is 2. The molecule has 3 heteroatoms. The van der Waals surface area contributed by atoms with E-state index >= 15 is 0 Å². The molecule has 2 heterocycles. The fourth-order valence-electron chi connectivity index (χ4n) is 5.48. The van der Waals surface area contributed by atoms with E-state index in [0.717, 1.165) is 57.2 Å². The van der Waals surface area contributed by atoms with Gasteiger partial charge in [0.05, 0.1) is 17.2 Å². The van der Waals surface area contributed by atoms with E-state index in [9.17, 15) is 5.26 Å². The summed E-state index contributed by atoms with van der Waals surface area (Å²) in [5.41, 5.74) is 11.8. The van der Waals surface area contributed by atoms with Crippen LogP contribution in [0.25, 0.3) is 44.3 Å². The molecular formula is C30H25N2O+. The van der Waals surface area contributed by atoms with Crippen LogP contribution in [-0.2, 0) is 19.9 Å². The third-order valence-electron chi connectivity index (χ3n) is 7.16. The Kier molecular flexibility index (Phi) is 4.38. The number of benzene rings is 3. The highest BCUT2D eigenvalue weighted by atomic mass is 16.3. The average Bonchev–Trinajstić information content (AvgIpc) is 3.42. The SMILES string of the molecule is Cc1cc2c(cc1-c1c(C#N)ccc3c1oc1c(-c4cccc[n+]4C)c(C)ccc13)CCC2. The van der Waals surface area contributed by atoms with E-state index in [1.165, 1.54) is 28.7 Å². The largest absolute Gasteiger partial charge is 0.454 e. The molecule has 0 spiro atoms. The minimum atomic E-state index is 0.658. The monoisotopic (exact) mass is 429 g/mol. The van der Waals surface area contributed by atoms with Crippen molar-refractivity contribution in [2.24, 2.45) is 7.05 Å². The normalized spacial score (nSPS) is 12.9. The van der Waals surface area contributed by atoms with E-state index in [1.54, 1.807) is 0 Å². The van der Waals surface area contributed by atoms with Crippen molar-refractivity contribution in [2.75, 3.05) is 0 Å². The number of pyridine rings is 1. The molecule has 6 rings (SSSR count). The van der Waals surface area contributed by atoms with Gasteiger partial charge in [-0.05, 0) is 79.1 Å². The Balaban J connectivity index is 1.73. The van der Waals surface area contributed by atoms with Gasteiger partial charge in [-0.2, -0.15) is 5.26 Å². The molecule has 33 heavy (non-hydrogen) atoms. The predicted molar refractivity (Wildman–Crippen MR) is 132 cm³/mol. The van der Waals surface area contributed by atoms with Gasteiger partial charge in [-0.1, -0.05) is 24.3 Å². The van der Waals surface area contributed by atoms with Crippen LogP contribution in [-0.4, -0.2) is 0 Å². The summed E-state index contributed by atoms with van der Waals surface area (Å²) in [5, 5.41) is 12.2. The van der Waals surface area contributed by atoms with Crippen LogP contribution in [0, 0.1) is 25.2 Å². The lowest BCUT2D eigenvalue weighted by molar-refractivity contribution is -0.660. The number of hydrogen-bond acceptors (Lipinski definition) is 2. The standard InChI is InChI=1S/C30H25N2O/c1-18-10-12-23-24-13-11-22(17-31)28(25-16-21-8-6-7-20(21)15-19(25)2)30(24)33-29(23)27(18)26-9-4-5-14-32(26)3/h4-5,9-16H,6-8H2,1-3H3/q+1. The number of aromatic nitrogens is 1. The lowest BCUT2D eigenvalue weighted by atomic mass is 9.91. The maximum atomic E-state index is 10.0. The fraction of sp³-hybridized carbons (Fsp3) is 0.200. The fourth-order valence-corrected chi connectivity index (χ4v) is 5.48. The maximum absolute atomic E-state index is 10.0. The minimum Gasteiger partial charge on any atom is -0.454 e. The molecular weight excluding hydrogens is 404 g/mol. The quantitative estimate of drug-likeness (QED) is 0.292. The van der Waals surface area contributed by atoms with Crippen LogP contribution in [0.15, 0.2) is 65.2 Å². The van der Waals surface area contributed by atoms with Gasteiger partial charge in [0.15, 0.2) is 6.20 Å². The summed E-state index contributed by atoms with van der Waals surface area (Å²) in [7, 11) is 2.06. The summed E-state index contributed by atoms with van der Waals surface area (Å²) in [4.78, 5) is 0. The van der Waals surface area contributed by atoms with Gasteiger partial charge < -0.3 is 4.42 Å². The smallest absolute Gasteiger partial charge is 0.216 e. The van der Waals surface area contributed by atoms with Gasteiger partial charge in [0.1, 0.15) is 18.2 Å². The number of fused-ring (bicyclic) bond motifs is 4. The molecule has 1 aliphatic rings. The number of nitrogens with zero attached hydrogens (tertiary/aromatic N) is 2. The average molecular weight is 430 g/mol.